The number of benzene rings is 1. The molecule has 0 aliphatic heterocycles. The molecule has 1 aromatic rings. The average molecular weight is 316 g/mol. The van der Waals surface area contributed by atoms with Gasteiger partial charge in [-0.25, -0.2) is 0 Å². The van der Waals surface area contributed by atoms with E-state index in [-0.39, 0.29) is 18.6 Å². The fourth-order valence-electron chi connectivity index (χ4n) is 2.88. The molecule has 5 heteroatoms. The number of rotatable bonds is 3. The summed E-state index contributed by atoms with van der Waals surface area (Å²) in [4.78, 5) is 0.508. The Bertz CT molecular complexity index is 577. The number of hydrogen-bond acceptors (Lipinski definition) is 1. The van der Waals surface area contributed by atoms with E-state index in [1.54, 1.807) is 38.1 Å². The van der Waals surface area contributed by atoms with Crippen molar-refractivity contribution in [3.8, 4) is 0 Å². The first kappa shape index (κ1) is 16.3. The third-order valence-electron chi connectivity index (χ3n) is 4.08. The van der Waals surface area contributed by atoms with Gasteiger partial charge >= 0.3 is 6.18 Å². The molecule has 0 N–H and O–H groups in total. The Kier molecular flexibility index (Phi) is 4.61. The molecule has 0 spiro atoms. The van der Waals surface area contributed by atoms with Gasteiger partial charge in [0.25, 0.3) is 0 Å². The van der Waals surface area contributed by atoms with Gasteiger partial charge in [0.1, 0.15) is 0 Å². The van der Waals surface area contributed by atoms with E-state index in [4.69, 9.17) is 0 Å². The number of alkyl halides is 3. The van der Waals surface area contributed by atoms with Crippen LogP contribution in [0.2, 0.25) is 0 Å². The van der Waals surface area contributed by atoms with Crippen LogP contribution in [-0.2, 0) is 10.8 Å². The molecule has 1 aromatic carbocycles. The van der Waals surface area contributed by atoms with Crippen molar-refractivity contribution in [1.29, 1.82) is 0 Å². The van der Waals surface area contributed by atoms with Gasteiger partial charge in [-0.2, -0.15) is 13.2 Å². The Balaban J connectivity index is 2.31. The van der Waals surface area contributed by atoms with E-state index in [1.807, 2.05) is 6.08 Å². The van der Waals surface area contributed by atoms with Crippen LogP contribution in [0.4, 0.5) is 13.2 Å². The van der Waals surface area contributed by atoms with Crippen molar-refractivity contribution in [3.05, 3.63) is 41.5 Å². The zero-order chi connectivity index (χ0) is 15.7. The normalized spacial score (nSPS) is 24.5. The second kappa shape index (κ2) is 5.95. The Morgan fingerprint density at radius 2 is 1.90 bits per heavy atom. The molecule has 0 heterocycles. The van der Waals surface area contributed by atoms with Gasteiger partial charge in [0.2, 0.25) is 0 Å². The second-order valence-corrected chi connectivity index (χ2v) is 7.22. The van der Waals surface area contributed by atoms with Crippen LogP contribution in [0.25, 0.3) is 0 Å². The van der Waals surface area contributed by atoms with Crippen LogP contribution in [0.1, 0.15) is 31.7 Å². The summed E-state index contributed by atoms with van der Waals surface area (Å²) in [6, 6.07) is 6.94. The van der Waals surface area contributed by atoms with Gasteiger partial charge in [-0.05, 0) is 44.7 Å². The first-order valence-electron chi connectivity index (χ1n) is 6.91. The average Bonchev–Trinajstić information content (AvgIpc) is 2.37. The Hall–Kier alpha value is -1.10. The molecule has 0 fully saturated rings. The second-order valence-electron chi connectivity index (χ2n) is 5.80. The summed E-state index contributed by atoms with van der Waals surface area (Å²) < 4.78 is 53.2. The minimum absolute atomic E-state index is 0.0193. The van der Waals surface area contributed by atoms with Crippen molar-refractivity contribution in [1.82, 2.24) is 0 Å². The molecule has 1 nitrogen and oxygen atoms in total. The minimum atomic E-state index is -4.33. The van der Waals surface area contributed by atoms with Gasteiger partial charge in [0.15, 0.2) is 0 Å². The molecule has 0 bridgehead atoms. The summed E-state index contributed by atoms with van der Waals surface area (Å²) in [7, 11) is -1.64. The molecule has 1 aliphatic carbocycles. The molecular weight excluding hydrogens is 297 g/mol. The quantitative estimate of drug-likeness (QED) is 0.733. The van der Waals surface area contributed by atoms with Gasteiger partial charge in [0, 0.05) is 10.6 Å². The molecule has 0 saturated heterocycles. The molecule has 0 radical (unpaired) electrons. The fraction of sp³-hybridized carbons (Fsp3) is 0.500. The van der Waals surface area contributed by atoms with Crippen LogP contribution in [-0.4, -0.2) is 16.1 Å². The highest BCUT2D eigenvalue weighted by Gasteiger charge is 2.55. The first-order valence-corrected chi connectivity index (χ1v) is 8.23. The summed E-state index contributed by atoms with van der Waals surface area (Å²) in [6.07, 6.45) is -2.11. The van der Waals surface area contributed by atoms with Crippen molar-refractivity contribution in [2.24, 2.45) is 5.41 Å². The van der Waals surface area contributed by atoms with E-state index in [0.717, 1.165) is 11.1 Å². The lowest BCUT2D eigenvalue weighted by molar-refractivity contribution is -0.219. The molecule has 116 valence electrons. The fourth-order valence-corrected chi connectivity index (χ4v) is 4.60. The number of hydrogen-bond donors (Lipinski definition) is 0. The van der Waals surface area contributed by atoms with E-state index in [0.29, 0.717) is 11.3 Å². The Morgan fingerprint density at radius 1 is 1.24 bits per heavy atom. The van der Waals surface area contributed by atoms with Crippen molar-refractivity contribution >= 4 is 10.8 Å². The van der Waals surface area contributed by atoms with Gasteiger partial charge in [-0.1, -0.05) is 29.8 Å². The number of halogens is 3. The third kappa shape index (κ3) is 3.39. The summed E-state index contributed by atoms with van der Waals surface area (Å²) in [6.45, 7) is 3.50. The van der Waals surface area contributed by atoms with Crippen molar-refractivity contribution in [3.63, 3.8) is 0 Å². The third-order valence-corrected chi connectivity index (χ3v) is 5.84. The van der Waals surface area contributed by atoms with Crippen molar-refractivity contribution in [2.45, 2.75) is 44.2 Å². The molecular formula is C16H19F3OS. The van der Waals surface area contributed by atoms with Crippen LogP contribution >= 0.6 is 0 Å². The molecule has 0 aromatic heterocycles. The van der Waals surface area contributed by atoms with Crippen molar-refractivity contribution < 1.29 is 17.4 Å². The summed E-state index contributed by atoms with van der Waals surface area (Å²) >= 11 is 0. The monoisotopic (exact) mass is 316 g/mol. The SMILES string of the molecule is CC1=CCCC(CS(=O)c2ccccc2C)(C(F)(F)F)C1. The predicted molar refractivity (Wildman–Crippen MR) is 78.6 cm³/mol. The van der Waals surface area contributed by atoms with E-state index < -0.39 is 22.4 Å². The highest BCUT2D eigenvalue weighted by Crippen LogP contribution is 2.49. The van der Waals surface area contributed by atoms with E-state index in [9.17, 15) is 17.4 Å². The van der Waals surface area contributed by atoms with Gasteiger partial charge in [-0.15, -0.1) is 0 Å². The molecule has 0 amide bonds. The van der Waals surface area contributed by atoms with Crippen LogP contribution in [0.5, 0.6) is 0 Å². The molecule has 1 aliphatic rings. The van der Waals surface area contributed by atoms with Gasteiger partial charge in [0.05, 0.1) is 16.2 Å². The molecule has 0 saturated carbocycles. The lowest BCUT2D eigenvalue weighted by Crippen LogP contribution is -2.44. The number of aryl methyl sites for hydroxylation is 1. The minimum Gasteiger partial charge on any atom is -0.254 e. The zero-order valence-electron chi connectivity index (χ0n) is 12.2. The largest absolute Gasteiger partial charge is 0.395 e. The van der Waals surface area contributed by atoms with Crippen LogP contribution in [0, 0.1) is 12.3 Å². The molecule has 2 rings (SSSR count). The zero-order valence-corrected chi connectivity index (χ0v) is 13.0. The molecule has 2 atom stereocenters. The highest BCUT2D eigenvalue weighted by atomic mass is 32.2. The van der Waals surface area contributed by atoms with E-state index in [1.165, 1.54) is 0 Å². The Labute approximate surface area is 125 Å². The maximum absolute atomic E-state index is 13.6. The highest BCUT2D eigenvalue weighted by molar-refractivity contribution is 7.85. The smallest absolute Gasteiger partial charge is 0.254 e. The van der Waals surface area contributed by atoms with Gasteiger partial charge < -0.3 is 0 Å². The van der Waals surface area contributed by atoms with Crippen LogP contribution < -0.4 is 0 Å². The van der Waals surface area contributed by atoms with Gasteiger partial charge in [-0.3, -0.25) is 4.21 Å². The maximum Gasteiger partial charge on any atom is 0.395 e. The standard InChI is InChI=1S/C16H19F3OS/c1-12-6-5-9-15(10-12,16(17,18)19)11-21(20)14-8-4-3-7-13(14)2/h3-4,6-8H,5,9-11H2,1-2H3. The summed E-state index contributed by atoms with van der Waals surface area (Å²) in [5.74, 6) is -0.355. The lowest BCUT2D eigenvalue weighted by atomic mass is 9.75. The first-order chi connectivity index (χ1) is 9.75. The van der Waals surface area contributed by atoms with Crippen molar-refractivity contribution in [2.75, 3.05) is 5.75 Å². The topological polar surface area (TPSA) is 17.1 Å². The molecule has 2 unspecified atom stereocenters. The maximum atomic E-state index is 13.6. The van der Waals surface area contributed by atoms with Crippen LogP contribution in [0.15, 0.2) is 40.8 Å². The summed E-state index contributed by atoms with van der Waals surface area (Å²) in [5.41, 5.74) is -0.351. The summed E-state index contributed by atoms with van der Waals surface area (Å²) in [5, 5.41) is 0. The van der Waals surface area contributed by atoms with Crippen LogP contribution in [0.3, 0.4) is 0 Å². The Morgan fingerprint density at radius 3 is 2.48 bits per heavy atom. The predicted octanol–water partition coefficient (Wildman–Crippen LogP) is 4.78. The number of allylic oxidation sites excluding steroid dienone is 2. The lowest BCUT2D eigenvalue weighted by Gasteiger charge is -2.38. The van der Waals surface area contributed by atoms with E-state index >= 15 is 0 Å². The molecule has 21 heavy (non-hydrogen) atoms. The van der Waals surface area contributed by atoms with E-state index in [2.05, 4.69) is 0 Å².